The van der Waals surface area contributed by atoms with Gasteiger partial charge in [-0.2, -0.15) is 5.10 Å². The van der Waals surface area contributed by atoms with Gasteiger partial charge < -0.3 is 20.5 Å². The molecule has 0 saturated heterocycles. The number of nitrogens with one attached hydrogen (secondary N) is 3. The SMILES string of the molecule is Cc1nc2n(n1)CCN(C(=O)c1c(-c3ccccc3)ccnc1C)CCCC(=O)N[C@H](Cc1c[nH]c3ccccc13)C(=O)N[C@H]2CC(C)C. The van der Waals surface area contributed by atoms with Crippen LogP contribution < -0.4 is 10.6 Å². The van der Waals surface area contributed by atoms with E-state index in [1.165, 1.54) is 0 Å². The number of carbonyl (C=O) groups is 3. The first-order valence-corrected chi connectivity index (χ1v) is 17.0. The van der Waals surface area contributed by atoms with Crippen LogP contribution in [0.1, 0.15) is 72.4 Å². The average Bonchev–Trinajstić information content (AvgIpc) is 3.67. The number of carbonyl (C=O) groups excluding carboxylic acids is 3. The number of nitrogens with zero attached hydrogens (tertiary/aromatic N) is 5. The van der Waals surface area contributed by atoms with Crippen molar-refractivity contribution < 1.29 is 14.4 Å². The maximum absolute atomic E-state index is 14.4. The minimum atomic E-state index is -0.814. The number of para-hydroxylation sites is 1. The second-order valence-corrected chi connectivity index (χ2v) is 13.2. The lowest BCUT2D eigenvalue weighted by molar-refractivity contribution is -0.129. The van der Waals surface area contributed by atoms with Gasteiger partial charge in [0, 0.05) is 49.2 Å². The van der Waals surface area contributed by atoms with Crippen molar-refractivity contribution in [1.82, 2.24) is 40.3 Å². The Kier molecular flexibility index (Phi) is 10.2. The van der Waals surface area contributed by atoms with Crippen molar-refractivity contribution in [1.29, 1.82) is 0 Å². The first-order valence-electron chi connectivity index (χ1n) is 17.0. The Morgan fingerprint density at radius 3 is 2.51 bits per heavy atom. The summed E-state index contributed by atoms with van der Waals surface area (Å²) < 4.78 is 1.82. The lowest BCUT2D eigenvalue weighted by Gasteiger charge is -2.28. The van der Waals surface area contributed by atoms with E-state index < -0.39 is 12.1 Å². The molecule has 0 saturated carbocycles. The highest BCUT2D eigenvalue weighted by atomic mass is 16.2. The molecule has 3 aromatic heterocycles. The summed E-state index contributed by atoms with van der Waals surface area (Å²) in [5.74, 6) is 0.776. The van der Waals surface area contributed by atoms with Crippen LogP contribution in [-0.4, -0.2) is 66.5 Å². The molecule has 3 amide bonds. The number of aryl methyl sites for hydroxylation is 2. The minimum Gasteiger partial charge on any atom is -0.361 e. The summed E-state index contributed by atoms with van der Waals surface area (Å²) >= 11 is 0. The van der Waals surface area contributed by atoms with E-state index in [1.807, 2.05) is 85.4 Å². The van der Waals surface area contributed by atoms with Crippen molar-refractivity contribution in [3.8, 4) is 11.1 Å². The highest BCUT2D eigenvalue weighted by molar-refractivity contribution is 6.02. The normalized spacial score (nSPS) is 17.8. The molecule has 5 aromatic rings. The Balaban J connectivity index is 1.34. The van der Waals surface area contributed by atoms with Crippen molar-refractivity contribution in [2.75, 3.05) is 13.1 Å². The number of hydrogen-bond acceptors (Lipinski definition) is 6. The van der Waals surface area contributed by atoms with Gasteiger partial charge in [-0.25, -0.2) is 9.67 Å². The summed E-state index contributed by atoms with van der Waals surface area (Å²) in [6.07, 6.45) is 5.13. The zero-order valence-electron chi connectivity index (χ0n) is 28.6. The molecule has 0 bridgehead atoms. The smallest absolute Gasteiger partial charge is 0.256 e. The van der Waals surface area contributed by atoms with Crippen LogP contribution in [0.4, 0.5) is 0 Å². The molecule has 49 heavy (non-hydrogen) atoms. The van der Waals surface area contributed by atoms with E-state index in [2.05, 4.69) is 34.4 Å². The molecule has 2 aromatic carbocycles. The number of amides is 3. The standard InChI is InChI=1S/C38H44N8O3/c1-24(2)21-32-36-41-26(4)44-46(36)20-19-45(38(49)35-25(3)39-17-16-30(35)27-11-6-5-7-12-27)18-10-15-34(47)42-33(37(48)43-32)22-28-23-40-31-14-9-8-13-29(28)31/h5-9,11-14,16-17,23-24,32-33,40H,10,15,18-22H2,1-4H3,(H,42,47)(H,43,48)/t32-,33+/m0/s1. The average molecular weight is 661 g/mol. The Labute approximate surface area is 286 Å². The zero-order chi connectivity index (χ0) is 34.5. The molecular weight excluding hydrogens is 616 g/mol. The second kappa shape index (κ2) is 14.8. The van der Waals surface area contributed by atoms with Gasteiger partial charge in [0.05, 0.1) is 23.8 Å². The van der Waals surface area contributed by atoms with Gasteiger partial charge in [0.1, 0.15) is 17.7 Å². The first kappa shape index (κ1) is 33.6. The van der Waals surface area contributed by atoms with Crippen LogP contribution >= 0.6 is 0 Å². The van der Waals surface area contributed by atoms with Crippen molar-refractivity contribution in [2.45, 2.75) is 72.0 Å². The van der Waals surface area contributed by atoms with Gasteiger partial charge in [-0.3, -0.25) is 19.4 Å². The van der Waals surface area contributed by atoms with Crippen LogP contribution in [-0.2, 0) is 22.6 Å². The molecule has 0 radical (unpaired) electrons. The number of rotatable bonds is 6. The Morgan fingerprint density at radius 1 is 0.939 bits per heavy atom. The number of H-pyrrole nitrogens is 1. The van der Waals surface area contributed by atoms with Gasteiger partial charge >= 0.3 is 0 Å². The third-order valence-electron chi connectivity index (χ3n) is 9.03. The van der Waals surface area contributed by atoms with Crippen molar-refractivity contribution in [2.24, 2.45) is 5.92 Å². The number of fused-ring (bicyclic) bond motifs is 2. The summed E-state index contributed by atoms with van der Waals surface area (Å²) in [7, 11) is 0. The Bertz CT molecular complexity index is 1950. The minimum absolute atomic E-state index is 0.153. The summed E-state index contributed by atoms with van der Waals surface area (Å²) in [6, 6.07) is 18.3. The summed E-state index contributed by atoms with van der Waals surface area (Å²) in [5, 5.41) is 12.0. The van der Waals surface area contributed by atoms with E-state index in [9.17, 15) is 14.4 Å². The first-order chi connectivity index (χ1) is 23.7. The van der Waals surface area contributed by atoms with Crippen LogP contribution in [0, 0.1) is 19.8 Å². The molecule has 2 atom stereocenters. The van der Waals surface area contributed by atoms with Crippen LogP contribution in [0.5, 0.6) is 0 Å². The van der Waals surface area contributed by atoms with Crippen LogP contribution in [0.2, 0.25) is 0 Å². The third kappa shape index (κ3) is 7.72. The number of benzene rings is 2. The topological polar surface area (TPSA) is 138 Å². The quantitative estimate of drug-likeness (QED) is 0.226. The maximum Gasteiger partial charge on any atom is 0.256 e. The number of aromatic amines is 1. The lowest BCUT2D eigenvalue weighted by Crippen LogP contribution is -2.49. The molecule has 1 aliphatic heterocycles. The molecule has 254 valence electrons. The molecule has 3 N–H and O–H groups in total. The number of pyridine rings is 1. The Hall–Kier alpha value is -5.32. The van der Waals surface area contributed by atoms with Gasteiger partial charge in [-0.05, 0) is 61.4 Å². The largest absolute Gasteiger partial charge is 0.361 e. The second-order valence-electron chi connectivity index (χ2n) is 13.2. The molecule has 0 fully saturated rings. The fourth-order valence-corrected chi connectivity index (χ4v) is 6.68. The van der Waals surface area contributed by atoms with Gasteiger partial charge in [0.15, 0.2) is 0 Å². The number of hydrogen-bond donors (Lipinski definition) is 3. The predicted octanol–water partition coefficient (Wildman–Crippen LogP) is 5.31. The van der Waals surface area contributed by atoms with Crippen LogP contribution in [0.3, 0.4) is 0 Å². The van der Waals surface area contributed by atoms with E-state index >= 15 is 0 Å². The van der Waals surface area contributed by atoms with Crippen molar-refractivity contribution >= 4 is 28.6 Å². The van der Waals surface area contributed by atoms with E-state index in [4.69, 9.17) is 10.1 Å². The monoisotopic (exact) mass is 660 g/mol. The van der Waals surface area contributed by atoms with Gasteiger partial charge in [-0.15, -0.1) is 0 Å². The summed E-state index contributed by atoms with van der Waals surface area (Å²) in [5.41, 5.74) is 4.83. The lowest BCUT2D eigenvalue weighted by atomic mass is 9.98. The molecule has 0 spiro atoms. The fraction of sp³-hybridized carbons (Fsp3) is 0.368. The Morgan fingerprint density at radius 2 is 1.71 bits per heavy atom. The molecule has 6 rings (SSSR count). The highest BCUT2D eigenvalue weighted by Crippen LogP contribution is 2.27. The molecule has 1 aliphatic rings. The van der Waals surface area contributed by atoms with Crippen LogP contribution in [0.25, 0.3) is 22.0 Å². The van der Waals surface area contributed by atoms with Crippen molar-refractivity contribution in [3.05, 3.63) is 102 Å². The molecule has 11 heteroatoms. The molecule has 11 nitrogen and oxygen atoms in total. The van der Waals surface area contributed by atoms with E-state index in [0.29, 0.717) is 61.8 Å². The van der Waals surface area contributed by atoms with Crippen LogP contribution in [0.15, 0.2) is 73.1 Å². The zero-order valence-corrected chi connectivity index (χ0v) is 28.6. The third-order valence-corrected chi connectivity index (χ3v) is 9.03. The molecule has 4 heterocycles. The summed E-state index contributed by atoms with van der Waals surface area (Å²) in [4.78, 5) is 56.2. The van der Waals surface area contributed by atoms with Crippen molar-refractivity contribution in [3.63, 3.8) is 0 Å². The summed E-state index contributed by atoms with van der Waals surface area (Å²) in [6.45, 7) is 8.92. The number of aromatic nitrogens is 5. The highest BCUT2D eigenvalue weighted by Gasteiger charge is 2.30. The molecule has 0 aliphatic carbocycles. The fourth-order valence-electron chi connectivity index (χ4n) is 6.68. The maximum atomic E-state index is 14.4. The van der Waals surface area contributed by atoms with Gasteiger partial charge in [-0.1, -0.05) is 62.4 Å². The van der Waals surface area contributed by atoms with E-state index in [0.717, 1.165) is 27.6 Å². The molecule has 0 unspecified atom stereocenters. The van der Waals surface area contributed by atoms with E-state index in [1.54, 1.807) is 11.1 Å². The van der Waals surface area contributed by atoms with E-state index in [-0.39, 0.29) is 30.1 Å². The predicted molar refractivity (Wildman–Crippen MR) is 189 cm³/mol. The van der Waals surface area contributed by atoms with Gasteiger partial charge in [0.2, 0.25) is 11.8 Å². The van der Waals surface area contributed by atoms with Gasteiger partial charge in [0.25, 0.3) is 5.91 Å². The molecular formula is C38H44N8O3.